The van der Waals surface area contributed by atoms with Gasteiger partial charge in [-0.2, -0.15) is 0 Å². The summed E-state index contributed by atoms with van der Waals surface area (Å²) >= 11 is 0. The first-order valence-corrected chi connectivity index (χ1v) is 10.1. The van der Waals surface area contributed by atoms with Gasteiger partial charge in [-0.25, -0.2) is 4.68 Å². The van der Waals surface area contributed by atoms with Gasteiger partial charge in [0.15, 0.2) is 0 Å². The van der Waals surface area contributed by atoms with Gasteiger partial charge in [-0.15, -0.1) is 0 Å². The third kappa shape index (κ3) is 4.15. The average Bonchev–Trinajstić information content (AvgIpc) is 3.39. The lowest BCUT2D eigenvalue weighted by molar-refractivity contribution is -0.124. The van der Waals surface area contributed by atoms with Crippen LogP contribution in [-0.4, -0.2) is 33.9 Å². The van der Waals surface area contributed by atoms with Gasteiger partial charge in [0.2, 0.25) is 0 Å². The van der Waals surface area contributed by atoms with Crippen molar-refractivity contribution in [2.45, 2.75) is 25.9 Å². The Kier molecular flexibility index (Phi) is 5.73. The molecule has 1 aliphatic rings. The zero-order chi connectivity index (χ0) is 22.0. The third-order valence-electron chi connectivity index (χ3n) is 5.41. The minimum Gasteiger partial charge on any atom is -0.368 e. The molecule has 0 radical (unpaired) electrons. The molecule has 0 bridgehead atoms. The molecule has 2 heterocycles. The van der Waals surface area contributed by atoms with E-state index >= 15 is 0 Å². The van der Waals surface area contributed by atoms with Gasteiger partial charge in [0.25, 0.3) is 17.4 Å². The first-order chi connectivity index (χ1) is 15.0. The van der Waals surface area contributed by atoms with E-state index in [1.165, 1.54) is 4.68 Å². The number of amides is 2. The van der Waals surface area contributed by atoms with Crippen LogP contribution in [0.25, 0.3) is 5.69 Å². The molecule has 3 aromatic rings. The normalized spacial score (nSPS) is 15.6. The van der Waals surface area contributed by atoms with Crippen LogP contribution in [0.15, 0.2) is 59.4 Å². The standard InChI is InChI=1S/C23H24N4O4/c1-15-20(23(30)27(26(15)2)18-10-4-3-5-11-18)25-21(28)16-8-6-9-17(14-16)24-22(29)19-12-7-13-31-19/h3-6,8-11,14,19H,7,12-13H2,1-2H3,(H,24,29)(H,25,28)/t19-/m0/s1. The number of nitrogens with zero attached hydrogens (tertiary/aromatic N) is 2. The van der Waals surface area contributed by atoms with Crippen molar-refractivity contribution in [1.29, 1.82) is 0 Å². The van der Waals surface area contributed by atoms with Gasteiger partial charge in [-0.3, -0.25) is 19.1 Å². The van der Waals surface area contributed by atoms with E-state index in [2.05, 4.69) is 10.6 Å². The highest BCUT2D eigenvalue weighted by Crippen LogP contribution is 2.18. The van der Waals surface area contributed by atoms with Gasteiger partial charge in [-0.1, -0.05) is 24.3 Å². The zero-order valence-electron chi connectivity index (χ0n) is 17.4. The molecule has 1 aliphatic heterocycles. The van der Waals surface area contributed by atoms with Crippen LogP contribution in [0.5, 0.6) is 0 Å². The molecular formula is C23H24N4O4. The van der Waals surface area contributed by atoms with E-state index in [4.69, 9.17) is 4.74 Å². The second-order valence-corrected chi connectivity index (χ2v) is 7.46. The van der Waals surface area contributed by atoms with Crippen LogP contribution < -0.4 is 16.2 Å². The van der Waals surface area contributed by atoms with E-state index in [0.29, 0.717) is 35.7 Å². The Morgan fingerprint density at radius 2 is 1.84 bits per heavy atom. The Morgan fingerprint density at radius 3 is 2.55 bits per heavy atom. The van der Waals surface area contributed by atoms with E-state index in [9.17, 15) is 14.4 Å². The van der Waals surface area contributed by atoms with Crippen molar-refractivity contribution in [2.24, 2.45) is 7.05 Å². The van der Waals surface area contributed by atoms with Gasteiger partial charge >= 0.3 is 0 Å². The lowest BCUT2D eigenvalue weighted by atomic mass is 10.1. The number of rotatable bonds is 5. The molecule has 0 spiro atoms. The number of carbonyl (C=O) groups excluding carboxylic acids is 2. The number of benzene rings is 2. The minimum absolute atomic E-state index is 0.213. The second-order valence-electron chi connectivity index (χ2n) is 7.46. The quantitative estimate of drug-likeness (QED) is 0.664. The molecule has 2 N–H and O–H groups in total. The SMILES string of the molecule is Cc1c(NC(=O)c2cccc(NC(=O)[C@@H]3CCCO3)c2)c(=O)n(-c2ccccc2)n1C. The molecule has 160 valence electrons. The van der Waals surface area contributed by atoms with E-state index in [1.807, 2.05) is 30.3 Å². The third-order valence-corrected chi connectivity index (χ3v) is 5.41. The molecule has 8 nitrogen and oxygen atoms in total. The smallest absolute Gasteiger partial charge is 0.295 e. The molecule has 0 unspecified atom stereocenters. The van der Waals surface area contributed by atoms with Gasteiger partial charge in [0, 0.05) is 24.9 Å². The number of anilines is 2. The summed E-state index contributed by atoms with van der Waals surface area (Å²) in [5.74, 6) is -0.654. The molecule has 1 atom stereocenters. The summed E-state index contributed by atoms with van der Waals surface area (Å²) in [7, 11) is 1.76. The second kappa shape index (κ2) is 8.61. The summed E-state index contributed by atoms with van der Waals surface area (Å²) in [4.78, 5) is 38.1. The molecule has 1 fully saturated rings. The number of ether oxygens (including phenoxy) is 1. The molecule has 0 aliphatic carbocycles. The lowest BCUT2D eigenvalue weighted by Gasteiger charge is -2.11. The van der Waals surface area contributed by atoms with Crippen LogP contribution >= 0.6 is 0 Å². The van der Waals surface area contributed by atoms with E-state index in [-0.39, 0.29) is 17.2 Å². The number of carbonyl (C=O) groups is 2. The fraction of sp³-hybridized carbons (Fsp3) is 0.261. The van der Waals surface area contributed by atoms with Gasteiger partial charge in [0.05, 0.1) is 11.4 Å². The van der Waals surface area contributed by atoms with E-state index < -0.39 is 12.0 Å². The molecular weight excluding hydrogens is 396 g/mol. The number of nitrogens with one attached hydrogen (secondary N) is 2. The van der Waals surface area contributed by atoms with Crippen molar-refractivity contribution in [3.63, 3.8) is 0 Å². The molecule has 8 heteroatoms. The predicted molar refractivity (Wildman–Crippen MR) is 118 cm³/mol. The van der Waals surface area contributed by atoms with Crippen LogP contribution in [0.4, 0.5) is 11.4 Å². The average molecular weight is 420 g/mol. The topological polar surface area (TPSA) is 94.4 Å². The van der Waals surface area contributed by atoms with Gasteiger partial charge < -0.3 is 15.4 Å². The van der Waals surface area contributed by atoms with Crippen molar-refractivity contribution >= 4 is 23.2 Å². The first kappa shape index (κ1) is 20.6. The first-order valence-electron chi connectivity index (χ1n) is 10.1. The largest absolute Gasteiger partial charge is 0.368 e. The maximum Gasteiger partial charge on any atom is 0.295 e. The number of hydrogen-bond acceptors (Lipinski definition) is 4. The van der Waals surface area contributed by atoms with Crippen LogP contribution in [0.2, 0.25) is 0 Å². The summed E-state index contributed by atoms with van der Waals surface area (Å²) in [6.45, 7) is 2.35. The van der Waals surface area contributed by atoms with Crippen LogP contribution in [0.3, 0.4) is 0 Å². The zero-order valence-corrected chi connectivity index (χ0v) is 17.4. The Morgan fingerprint density at radius 1 is 1.06 bits per heavy atom. The summed E-state index contributed by atoms with van der Waals surface area (Å²) in [6, 6.07) is 15.8. The maximum atomic E-state index is 13.0. The minimum atomic E-state index is -0.457. The molecule has 4 rings (SSSR count). The van der Waals surface area contributed by atoms with Gasteiger partial charge in [0.1, 0.15) is 11.8 Å². The molecule has 2 amide bonds. The van der Waals surface area contributed by atoms with E-state index in [1.54, 1.807) is 42.9 Å². The highest BCUT2D eigenvalue weighted by Gasteiger charge is 2.24. The summed E-state index contributed by atoms with van der Waals surface area (Å²) in [5, 5.41) is 5.52. The Labute approximate surface area is 179 Å². The fourth-order valence-electron chi connectivity index (χ4n) is 3.64. The van der Waals surface area contributed by atoms with Crippen LogP contribution in [-0.2, 0) is 16.6 Å². The van der Waals surface area contributed by atoms with Crippen molar-refractivity contribution in [2.75, 3.05) is 17.2 Å². The fourth-order valence-corrected chi connectivity index (χ4v) is 3.64. The highest BCUT2D eigenvalue weighted by molar-refractivity contribution is 6.05. The summed E-state index contributed by atoms with van der Waals surface area (Å²) in [6.07, 6.45) is 1.09. The van der Waals surface area contributed by atoms with Crippen molar-refractivity contribution in [1.82, 2.24) is 9.36 Å². The van der Waals surface area contributed by atoms with Crippen molar-refractivity contribution in [3.8, 4) is 5.69 Å². The van der Waals surface area contributed by atoms with Gasteiger partial charge in [-0.05, 0) is 50.1 Å². The molecule has 1 saturated heterocycles. The maximum absolute atomic E-state index is 13.0. The molecule has 2 aromatic carbocycles. The molecule has 0 saturated carbocycles. The van der Waals surface area contributed by atoms with Crippen LogP contribution in [0, 0.1) is 6.92 Å². The number of hydrogen-bond donors (Lipinski definition) is 2. The predicted octanol–water partition coefficient (Wildman–Crippen LogP) is 2.85. The summed E-state index contributed by atoms with van der Waals surface area (Å²) < 4.78 is 8.59. The Hall–Kier alpha value is -3.65. The van der Waals surface area contributed by atoms with E-state index in [0.717, 1.165) is 6.42 Å². The van der Waals surface area contributed by atoms with Crippen molar-refractivity contribution < 1.29 is 14.3 Å². The Balaban J connectivity index is 1.55. The number of aromatic nitrogens is 2. The Bertz CT molecular complexity index is 1170. The molecule has 1 aromatic heterocycles. The summed E-state index contributed by atoms with van der Waals surface area (Å²) in [5.41, 5.74) is 2.06. The molecule has 31 heavy (non-hydrogen) atoms. The monoisotopic (exact) mass is 420 g/mol. The lowest BCUT2D eigenvalue weighted by Crippen LogP contribution is -2.27. The highest BCUT2D eigenvalue weighted by atomic mass is 16.5. The number of para-hydroxylation sites is 1. The van der Waals surface area contributed by atoms with Crippen molar-refractivity contribution in [3.05, 3.63) is 76.2 Å². The van der Waals surface area contributed by atoms with Crippen LogP contribution in [0.1, 0.15) is 28.9 Å².